The van der Waals surface area contributed by atoms with Gasteiger partial charge in [-0.1, -0.05) is 0 Å². The van der Waals surface area contributed by atoms with E-state index >= 15 is 0 Å². The number of carboxylic acids is 1. The lowest BCUT2D eigenvalue weighted by Crippen LogP contribution is -2.48. The monoisotopic (exact) mass is 308 g/mol. The van der Waals surface area contributed by atoms with Crippen LogP contribution in [-0.2, 0) is 11.2 Å². The summed E-state index contributed by atoms with van der Waals surface area (Å²) in [5.41, 5.74) is 0. The van der Waals surface area contributed by atoms with E-state index in [0.29, 0.717) is 25.9 Å². The van der Waals surface area contributed by atoms with E-state index in [1.54, 1.807) is 4.90 Å². The zero-order chi connectivity index (χ0) is 16.1. The molecule has 122 valence electrons. The zero-order valence-corrected chi connectivity index (χ0v) is 13.2. The molecule has 0 spiro atoms. The van der Waals surface area contributed by atoms with E-state index < -0.39 is 5.97 Å². The number of hydrogen-bond donors (Lipinski definition) is 2. The fraction of sp³-hybridized carbons (Fsp3) is 0.625. The highest BCUT2D eigenvalue weighted by Gasteiger charge is 2.27. The van der Waals surface area contributed by atoms with Gasteiger partial charge < -0.3 is 19.7 Å². The number of aliphatic carboxylic acids is 1. The molecule has 2 rings (SSSR count). The minimum Gasteiger partial charge on any atom is -0.481 e. The molecular weight excluding hydrogens is 284 g/mol. The van der Waals surface area contributed by atoms with Crippen LogP contribution in [0.5, 0.6) is 0 Å². The van der Waals surface area contributed by atoms with E-state index in [0.717, 1.165) is 24.4 Å². The Labute approximate surface area is 130 Å². The Morgan fingerprint density at radius 3 is 2.64 bits per heavy atom. The van der Waals surface area contributed by atoms with E-state index in [-0.39, 0.29) is 18.0 Å². The Balaban J connectivity index is 1.71. The quantitative estimate of drug-likeness (QED) is 0.875. The van der Waals surface area contributed by atoms with E-state index in [1.807, 2.05) is 26.0 Å². The first-order valence-electron chi connectivity index (χ1n) is 7.79. The summed E-state index contributed by atoms with van der Waals surface area (Å²) in [7, 11) is 0. The van der Waals surface area contributed by atoms with Crippen LogP contribution in [0, 0.1) is 12.8 Å². The van der Waals surface area contributed by atoms with Gasteiger partial charge in [0.15, 0.2) is 0 Å². The molecule has 1 aromatic heterocycles. The first-order chi connectivity index (χ1) is 10.5. The highest BCUT2D eigenvalue weighted by Crippen LogP contribution is 2.17. The number of carbonyl (C=O) groups is 2. The Kier molecular flexibility index (Phi) is 5.46. The van der Waals surface area contributed by atoms with Gasteiger partial charge in [0.25, 0.3) is 0 Å². The van der Waals surface area contributed by atoms with Crippen molar-refractivity contribution in [2.75, 3.05) is 13.1 Å². The van der Waals surface area contributed by atoms with Crippen LogP contribution in [0.1, 0.15) is 37.7 Å². The molecule has 22 heavy (non-hydrogen) atoms. The smallest absolute Gasteiger partial charge is 0.317 e. The third-order valence-electron chi connectivity index (χ3n) is 4.12. The molecule has 0 radical (unpaired) electrons. The number of nitrogens with one attached hydrogen (secondary N) is 1. The molecule has 2 heterocycles. The molecule has 1 saturated heterocycles. The normalized spacial score (nSPS) is 17.3. The Morgan fingerprint density at radius 1 is 1.41 bits per heavy atom. The molecule has 1 unspecified atom stereocenters. The van der Waals surface area contributed by atoms with Crippen LogP contribution in [0.15, 0.2) is 16.5 Å². The van der Waals surface area contributed by atoms with Crippen molar-refractivity contribution in [1.29, 1.82) is 0 Å². The lowest BCUT2D eigenvalue weighted by Gasteiger charge is -2.31. The fourth-order valence-corrected chi connectivity index (χ4v) is 2.68. The summed E-state index contributed by atoms with van der Waals surface area (Å²) < 4.78 is 5.51. The van der Waals surface area contributed by atoms with Gasteiger partial charge in [-0.05, 0) is 45.2 Å². The average molecular weight is 308 g/mol. The van der Waals surface area contributed by atoms with Gasteiger partial charge in [0.1, 0.15) is 11.5 Å². The van der Waals surface area contributed by atoms with E-state index in [1.165, 1.54) is 0 Å². The first-order valence-corrected chi connectivity index (χ1v) is 7.79. The van der Waals surface area contributed by atoms with Gasteiger partial charge in [-0.3, -0.25) is 4.79 Å². The van der Waals surface area contributed by atoms with Gasteiger partial charge in [-0.25, -0.2) is 4.79 Å². The van der Waals surface area contributed by atoms with Crippen molar-refractivity contribution in [3.63, 3.8) is 0 Å². The van der Waals surface area contributed by atoms with Crippen molar-refractivity contribution in [2.45, 2.75) is 45.6 Å². The molecule has 1 aliphatic heterocycles. The Hall–Kier alpha value is -1.98. The lowest BCUT2D eigenvalue weighted by molar-refractivity contribution is -0.143. The van der Waals surface area contributed by atoms with Crippen molar-refractivity contribution in [3.05, 3.63) is 23.7 Å². The number of hydrogen-bond acceptors (Lipinski definition) is 3. The van der Waals surface area contributed by atoms with E-state index in [4.69, 9.17) is 9.52 Å². The average Bonchev–Trinajstić information content (AvgIpc) is 2.91. The molecule has 6 heteroatoms. The second-order valence-electron chi connectivity index (χ2n) is 6.00. The van der Waals surface area contributed by atoms with Crippen LogP contribution >= 0.6 is 0 Å². The van der Waals surface area contributed by atoms with Gasteiger partial charge >= 0.3 is 12.0 Å². The number of carboxylic acid groups (broad SMARTS) is 1. The number of aryl methyl sites for hydroxylation is 2. The third kappa shape index (κ3) is 4.51. The maximum absolute atomic E-state index is 12.1. The Morgan fingerprint density at radius 2 is 2.09 bits per heavy atom. The molecule has 0 aromatic carbocycles. The minimum absolute atomic E-state index is 0.0510. The number of carbonyl (C=O) groups excluding carboxylic acids is 1. The molecule has 1 fully saturated rings. The fourth-order valence-electron chi connectivity index (χ4n) is 2.68. The second kappa shape index (κ2) is 7.33. The molecule has 0 saturated carbocycles. The minimum atomic E-state index is -0.762. The predicted octanol–water partition coefficient (Wildman–Crippen LogP) is 2.42. The number of piperidine rings is 1. The molecule has 2 amide bonds. The second-order valence-corrected chi connectivity index (χ2v) is 6.00. The topological polar surface area (TPSA) is 82.8 Å². The van der Waals surface area contributed by atoms with Gasteiger partial charge in [0.05, 0.1) is 5.92 Å². The molecule has 0 bridgehead atoms. The summed E-state index contributed by atoms with van der Waals surface area (Å²) in [5, 5.41) is 11.9. The highest BCUT2D eigenvalue weighted by molar-refractivity contribution is 5.75. The number of amides is 2. The molecule has 1 aliphatic rings. The maximum Gasteiger partial charge on any atom is 0.317 e. The molecule has 0 aliphatic carbocycles. The molecule has 1 aromatic rings. The van der Waals surface area contributed by atoms with Crippen molar-refractivity contribution < 1.29 is 19.1 Å². The molecule has 6 nitrogen and oxygen atoms in total. The maximum atomic E-state index is 12.1. The summed E-state index contributed by atoms with van der Waals surface area (Å²) in [5.74, 6) is 0.750. The number of nitrogens with zero attached hydrogens (tertiary/aromatic N) is 1. The third-order valence-corrected chi connectivity index (χ3v) is 4.12. The van der Waals surface area contributed by atoms with Crippen LogP contribution in [0.2, 0.25) is 0 Å². The lowest BCUT2D eigenvalue weighted by atomic mass is 9.97. The van der Waals surface area contributed by atoms with Gasteiger partial charge in [-0.2, -0.15) is 0 Å². The van der Waals surface area contributed by atoms with Crippen molar-refractivity contribution in [1.82, 2.24) is 10.2 Å². The van der Waals surface area contributed by atoms with Crippen molar-refractivity contribution in [2.24, 2.45) is 5.92 Å². The standard InChI is InChI=1S/C16H24N2O4/c1-11(3-5-14-6-4-12(2)22-14)17-16(21)18-9-7-13(8-10-18)15(19)20/h4,6,11,13H,3,5,7-10H2,1-2H3,(H,17,21)(H,19,20). The zero-order valence-electron chi connectivity index (χ0n) is 13.2. The van der Waals surface area contributed by atoms with E-state index in [2.05, 4.69) is 5.32 Å². The predicted molar refractivity (Wildman–Crippen MR) is 81.7 cm³/mol. The summed E-state index contributed by atoms with van der Waals surface area (Å²) in [6, 6.07) is 3.84. The number of urea groups is 1. The van der Waals surface area contributed by atoms with Crippen LogP contribution in [0.4, 0.5) is 4.79 Å². The van der Waals surface area contributed by atoms with E-state index in [9.17, 15) is 9.59 Å². The van der Waals surface area contributed by atoms with Crippen LogP contribution < -0.4 is 5.32 Å². The summed E-state index contributed by atoms with van der Waals surface area (Å²) in [4.78, 5) is 24.7. The largest absolute Gasteiger partial charge is 0.481 e. The van der Waals surface area contributed by atoms with Gasteiger partial charge in [-0.15, -0.1) is 0 Å². The van der Waals surface area contributed by atoms with Gasteiger partial charge in [0.2, 0.25) is 0 Å². The first kappa shape index (κ1) is 16.4. The van der Waals surface area contributed by atoms with Crippen molar-refractivity contribution in [3.8, 4) is 0 Å². The van der Waals surface area contributed by atoms with Crippen LogP contribution in [0.3, 0.4) is 0 Å². The Bertz CT molecular complexity index is 518. The molecule has 2 N–H and O–H groups in total. The van der Waals surface area contributed by atoms with Crippen LogP contribution in [-0.4, -0.2) is 41.1 Å². The number of rotatable bonds is 5. The van der Waals surface area contributed by atoms with Crippen LogP contribution in [0.25, 0.3) is 0 Å². The molecule has 1 atom stereocenters. The van der Waals surface area contributed by atoms with Gasteiger partial charge in [0, 0.05) is 25.6 Å². The van der Waals surface area contributed by atoms with Crippen molar-refractivity contribution >= 4 is 12.0 Å². The molecular formula is C16H24N2O4. The number of furan rings is 1. The number of likely N-dealkylation sites (tertiary alicyclic amines) is 1. The highest BCUT2D eigenvalue weighted by atomic mass is 16.4. The summed E-state index contributed by atoms with van der Waals surface area (Å²) >= 11 is 0. The summed E-state index contributed by atoms with van der Waals surface area (Å²) in [6.07, 6.45) is 2.66. The summed E-state index contributed by atoms with van der Waals surface area (Å²) in [6.45, 7) is 4.90. The SMILES string of the molecule is Cc1ccc(CCC(C)NC(=O)N2CCC(C(=O)O)CC2)o1.